The Kier molecular flexibility index (Phi) is 10.8. The molecule has 26 heavy (non-hydrogen) atoms. The summed E-state index contributed by atoms with van der Waals surface area (Å²) in [5, 5.41) is 18.5. The lowest BCUT2D eigenvalue weighted by molar-refractivity contribution is 0.176. The summed E-state index contributed by atoms with van der Waals surface area (Å²) in [6.07, 6.45) is 0.0758. The molecule has 0 radical (unpaired) electrons. The number of halogens is 2. The zero-order chi connectivity index (χ0) is 18.1. The molecule has 0 aliphatic heterocycles. The second-order valence-corrected chi connectivity index (χ2v) is 7.06. The van der Waals surface area contributed by atoms with Crippen LogP contribution in [-0.2, 0) is 6.42 Å². The lowest BCUT2D eigenvalue weighted by Crippen LogP contribution is -2.39. The second kappa shape index (κ2) is 12.2. The molecule has 2 aromatic rings. The molecule has 1 aromatic heterocycles. The van der Waals surface area contributed by atoms with Crippen molar-refractivity contribution in [2.24, 2.45) is 10.9 Å². The number of hydrogen-bond donors (Lipinski definition) is 3. The van der Waals surface area contributed by atoms with Crippen LogP contribution in [0.5, 0.6) is 0 Å². The van der Waals surface area contributed by atoms with Gasteiger partial charge in [-0.2, -0.15) is 0 Å². The maximum absolute atomic E-state index is 13.7. The first-order valence-corrected chi connectivity index (χ1v) is 9.45. The van der Waals surface area contributed by atoms with Crippen LogP contribution in [0.4, 0.5) is 4.39 Å². The Hall–Kier alpha value is -1.19. The standard InChI is InChI=1S/C19H26FN3OS.HI/c1-3-21-19(22-12-14(2)11-15-7-6-10-25-15)23-13-18(24)16-8-4-5-9-17(16)20;/h4-10,14,18,24H,3,11-13H2,1-2H3,(H2,21,22,23);1H. The average Bonchev–Trinajstić information content (AvgIpc) is 3.10. The Bertz CT molecular complexity index is 667. The molecule has 0 aliphatic rings. The third-order valence-corrected chi connectivity index (χ3v) is 4.66. The number of rotatable bonds is 8. The van der Waals surface area contributed by atoms with Crippen LogP contribution in [0.25, 0.3) is 0 Å². The van der Waals surface area contributed by atoms with E-state index in [1.54, 1.807) is 29.5 Å². The lowest BCUT2D eigenvalue weighted by Gasteiger charge is -2.16. The zero-order valence-corrected chi connectivity index (χ0v) is 18.3. The first kappa shape index (κ1) is 22.9. The van der Waals surface area contributed by atoms with Crippen molar-refractivity contribution < 1.29 is 9.50 Å². The van der Waals surface area contributed by atoms with Crippen LogP contribution in [0, 0.1) is 11.7 Å². The van der Waals surface area contributed by atoms with E-state index in [0.717, 1.165) is 13.0 Å². The van der Waals surface area contributed by atoms with Crippen LogP contribution >= 0.6 is 35.3 Å². The summed E-state index contributed by atoms with van der Waals surface area (Å²) in [7, 11) is 0. The number of aliphatic hydroxyl groups excluding tert-OH is 1. The fourth-order valence-corrected chi connectivity index (χ4v) is 3.34. The smallest absolute Gasteiger partial charge is 0.191 e. The van der Waals surface area contributed by atoms with E-state index in [-0.39, 0.29) is 36.1 Å². The monoisotopic (exact) mass is 491 g/mol. The number of hydrogen-bond acceptors (Lipinski definition) is 3. The Morgan fingerprint density at radius 1 is 1.23 bits per heavy atom. The Labute approximate surface area is 176 Å². The minimum atomic E-state index is -0.923. The van der Waals surface area contributed by atoms with Crippen LogP contribution in [0.2, 0.25) is 0 Å². The largest absolute Gasteiger partial charge is 0.386 e. The van der Waals surface area contributed by atoms with Gasteiger partial charge in [-0.1, -0.05) is 31.2 Å². The van der Waals surface area contributed by atoms with E-state index in [9.17, 15) is 9.50 Å². The molecular formula is C19H27FIN3OS. The van der Waals surface area contributed by atoms with Crippen LogP contribution in [-0.4, -0.2) is 30.7 Å². The van der Waals surface area contributed by atoms with Crippen molar-refractivity contribution in [1.29, 1.82) is 0 Å². The Morgan fingerprint density at radius 3 is 2.65 bits per heavy atom. The van der Waals surface area contributed by atoms with Gasteiger partial charge in [0.15, 0.2) is 5.96 Å². The molecule has 2 unspecified atom stereocenters. The highest BCUT2D eigenvalue weighted by atomic mass is 127. The molecule has 3 N–H and O–H groups in total. The zero-order valence-electron chi connectivity index (χ0n) is 15.1. The quantitative estimate of drug-likeness (QED) is 0.298. The van der Waals surface area contributed by atoms with E-state index in [1.807, 2.05) is 6.92 Å². The average molecular weight is 491 g/mol. The van der Waals surface area contributed by atoms with Gasteiger partial charge in [0.2, 0.25) is 0 Å². The van der Waals surface area contributed by atoms with Crippen molar-refractivity contribution in [3.05, 3.63) is 58.0 Å². The van der Waals surface area contributed by atoms with Crippen molar-refractivity contribution in [2.45, 2.75) is 26.4 Å². The van der Waals surface area contributed by atoms with E-state index in [0.29, 0.717) is 18.4 Å². The van der Waals surface area contributed by atoms with Crippen molar-refractivity contribution >= 4 is 41.3 Å². The fourth-order valence-electron chi connectivity index (χ4n) is 2.47. The maximum Gasteiger partial charge on any atom is 0.191 e. The Morgan fingerprint density at radius 2 is 2.00 bits per heavy atom. The highest BCUT2D eigenvalue weighted by Crippen LogP contribution is 2.16. The number of aliphatic hydroxyl groups is 1. The van der Waals surface area contributed by atoms with E-state index in [1.165, 1.54) is 10.9 Å². The second-order valence-electron chi connectivity index (χ2n) is 6.03. The van der Waals surface area contributed by atoms with Gasteiger partial charge in [0.05, 0.1) is 6.10 Å². The van der Waals surface area contributed by atoms with E-state index < -0.39 is 11.9 Å². The predicted molar refractivity (Wildman–Crippen MR) is 118 cm³/mol. The molecule has 7 heteroatoms. The van der Waals surface area contributed by atoms with Crippen LogP contribution < -0.4 is 10.6 Å². The summed E-state index contributed by atoms with van der Waals surface area (Å²) in [6.45, 7) is 5.76. The van der Waals surface area contributed by atoms with Gasteiger partial charge < -0.3 is 15.7 Å². The van der Waals surface area contributed by atoms with Gasteiger partial charge in [0, 0.05) is 30.1 Å². The normalized spacial score (nSPS) is 13.6. The number of thiophene rings is 1. The third-order valence-electron chi connectivity index (χ3n) is 3.76. The van der Waals surface area contributed by atoms with Gasteiger partial charge >= 0.3 is 0 Å². The molecule has 1 heterocycles. The number of nitrogens with one attached hydrogen (secondary N) is 2. The topological polar surface area (TPSA) is 56.7 Å². The first-order chi connectivity index (χ1) is 12.1. The molecule has 0 bridgehead atoms. The van der Waals surface area contributed by atoms with Gasteiger partial charge in [-0.25, -0.2) is 4.39 Å². The number of nitrogens with zero attached hydrogens (tertiary/aromatic N) is 1. The Balaban J connectivity index is 0.00000338. The van der Waals surface area contributed by atoms with Crippen LogP contribution in [0.1, 0.15) is 30.4 Å². The number of aliphatic imine (C=N–C) groups is 1. The lowest BCUT2D eigenvalue weighted by atomic mass is 10.1. The molecule has 1 aromatic carbocycles. The summed E-state index contributed by atoms with van der Waals surface area (Å²) in [5.74, 6) is 0.657. The number of guanidine groups is 1. The van der Waals surface area contributed by atoms with Gasteiger partial charge in [0.25, 0.3) is 0 Å². The first-order valence-electron chi connectivity index (χ1n) is 8.57. The third kappa shape index (κ3) is 7.59. The number of benzene rings is 1. The minimum Gasteiger partial charge on any atom is -0.386 e. The van der Waals surface area contributed by atoms with Crippen molar-refractivity contribution in [3.8, 4) is 0 Å². The fraction of sp³-hybridized carbons (Fsp3) is 0.421. The van der Waals surface area contributed by atoms with Gasteiger partial charge in [-0.3, -0.25) is 4.99 Å². The molecule has 0 fully saturated rings. The summed E-state index contributed by atoms with van der Waals surface area (Å²) < 4.78 is 13.7. The SMILES string of the molecule is CCNC(=NCC(C)Cc1cccs1)NCC(O)c1ccccc1F.I. The summed E-state index contributed by atoms with van der Waals surface area (Å²) >= 11 is 1.76. The molecule has 0 aliphatic carbocycles. The minimum absolute atomic E-state index is 0. The molecule has 2 rings (SSSR count). The van der Waals surface area contributed by atoms with Crippen LogP contribution in [0.15, 0.2) is 46.8 Å². The van der Waals surface area contributed by atoms with Crippen molar-refractivity contribution in [1.82, 2.24) is 10.6 Å². The van der Waals surface area contributed by atoms with Gasteiger partial charge in [0.1, 0.15) is 5.82 Å². The molecule has 0 spiro atoms. The summed E-state index contributed by atoms with van der Waals surface area (Å²) in [6, 6.07) is 10.5. The molecular weight excluding hydrogens is 464 g/mol. The summed E-state index contributed by atoms with van der Waals surface area (Å²) in [4.78, 5) is 5.93. The maximum atomic E-state index is 13.7. The van der Waals surface area contributed by atoms with Crippen LogP contribution in [0.3, 0.4) is 0 Å². The predicted octanol–water partition coefficient (Wildman–Crippen LogP) is 3.97. The molecule has 0 amide bonds. The highest BCUT2D eigenvalue weighted by molar-refractivity contribution is 14.0. The molecule has 0 saturated heterocycles. The van der Waals surface area contributed by atoms with E-state index >= 15 is 0 Å². The molecule has 4 nitrogen and oxygen atoms in total. The van der Waals surface area contributed by atoms with E-state index in [4.69, 9.17) is 0 Å². The molecule has 0 saturated carbocycles. The van der Waals surface area contributed by atoms with Crippen molar-refractivity contribution in [2.75, 3.05) is 19.6 Å². The van der Waals surface area contributed by atoms with Gasteiger partial charge in [-0.05, 0) is 36.8 Å². The highest BCUT2D eigenvalue weighted by Gasteiger charge is 2.13. The van der Waals surface area contributed by atoms with Crippen molar-refractivity contribution in [3.63, 3.8) is 0 Å². The van der Waals surface area contributed by atoms with E-state index in [2.05, 4.69) is 40.1 Å². The van der Waals surface area contributed by atoms with Gasteiger partial charge in [-0.15, -0.1) is 35.3 Å². The summed E-state index contributed by atoms with van der Waals surface area (Å²) in [5.41, 5.74) is 0.289. The molecule has 144 valence electrons. The molecule has 2 atom stereocenters.